The highest BCUT2D eigenvalue weighted by molar-refractivity contribution is 7.80. The molecule has 0 fully saturated rings. The van der Waals surface area contributed by atoms with E-state index in [1.807, 2.05) is 19.1 Å². The van der Waals surface area contributed by atoms with Gasteiger partial charge in [-0.05, 0) is 25.0 Å². The summed E-state index contributed by atoms with van der Waals surface area (Å²) in [6.07, 6.45) is 1.41. The van der Waals surface area contributed by atoms with Crippen LogP contribution >= 0.6 is 35.2 Å². The van der Waals surface area contributed by atoms with E-state index in [2.05, 4.69) is 5.32 Å². The minimum atomic E-state index is -0.364. The predicted molar refractivity (Wildman–Crippen MR) is 76.6 cm³/mol. The van der Waals surface area contributed by atoms with E-state index in [-0.39, 0.29) is 16.8 Å². The van der Waals surface area contributed by atoms with Crippen molar-refractivity contribution in [1.82, 2.24) is 5.32 Å². The highest BCUT2D eigenvalue weighted by Crippen LogP contribution is 2.21. The normalized spacial score (nSPS) is 12.1. The van der Waals surface area contributed by atoms with Crippen LogP contribution in [0.4, 0.5) is 0 Å². The van der Waals surface area contributed by atoms with Gasteiger partial charge in [-0.2, -0.15) is 0 Å². The zero-order chi connectivity index (χ0) is 12.8. The number of thiocarbonyl (C=S) groups is 1. The van der Waals surface area contributed by atoms with Gasteiger partial charge >= 0.3 is 0 Å². The maximum Gasteiger partial charge on any atom is 0.229 e. The molecule has 0 aliphatic heterocycles. The molecule has 3 N–H and O–H groups in total. The molecule has 94 valence electrons. The van der Waals surface area contributed by atoms with Gasteiger partial charge in [-0.15, -0.1) is 11.3 Å². The van der Waals surface area contributed by atoms with Gasteiger partial charge in [0.25, 0.3) is 0 Å². The fourth-order valence-electron chi connectivity index (χ4n) is 1.43. The average Bonchev–Trinajstić information content (AvgIpc) is 2.64. The molecule has 1 heterocycles. The Hall–Kier alpha value is -0.650. The number of carbonyl (C=O) groups excluding carboxylic acids is 1. The molecule has 1 aromatic heterocycles. The van der Waals surface area contributed by atoms with Gasteiger partial charge in [-0.3, -0.25) is 4.79 Å². The standard InChI is InChI=1S/C11H15ClN2OS2/c1-2-8(10(13)16)11(15)14-6-5-7-3-4-9(12)17-7/h3-4,8H,2,5-6H2,1H3,(H2,13,16)(H,14,15). The van der Waals surface area contributed by atoms with Gasteiger partial charge in [0.15, 0.2) is 0 Å². The number of carbonyl (C=O) groups is 1. The van der Waals surface area contributed by atoms with Crippen LogP contribution in [0.2, 0.25) is 4.34 Å². The molecular formula is C11H15ClN2OS2. The van der Waals surface area contributed by atoms with Crippen LogP contribution in [-0.4, -0.2) is 17.4 Å². The number of hydrogen-bond donors (Lipinski definition) is 2. The molecule has 1 amide bonds. The molecule has 1 rings (SSSR count). The number of thiophene rings is 1. The molecule has 1 atom stereocenters. The Labute approximate surface area is 115 Å². The summed E-state index contributed by atoms with van der Waals surface area (Å²) >= 11 is 12.2. The van der Waals surface area contributed by atoms with Crippen LogP contribution in [-0.2, 0) is 11.2 Å². The van der Waals surface area contributed by atoms with Gasteiger partial charge in [-0.25, -0.2) is 0 Å². The summed E-state index contributed by atoms with van der Waals surface area (Å²) in [7, 11) is 0. The molecule has 1 aromatic rings. The van der Waals surface area contributed by atoms with Gasteiger partial charge in [0.1, 0.15) is 0 Å². The van der Waals surface area contributed by atoms with Crippen molar-refractivity contribution in [1.29, 1.82) is 0 Å². The van der Waals surface area contributed by atoms with Crippen LogP contribution in [0.3, 0.4) is 0 Å². The second kappa shape index (κ2) is 6.93. The lowest BCUT2D eigenvalue weighted by molar-refractivity contribution is -0.123. The minimum absolute atomic E-state index is 0.0948. The maximum atomic E-state index is 11.7. The van der Waals surface area contributed by atoms with E-state index in [0.717, 1.165) is 15.6 Å². The Morgan fingerprint density at radius 3 is 2.82 bits per heavy atom. The first-order valence-corrected chi connectivity index (χ1v) is 6.96. The van der Waals surface area contributed by atoms with E-state index >= 15 is 0 Å². The molecule has 1 unspecified atom stereocenters. The van der Waals surface area contributed by atoms with Gasteiger partial charge in [0, 0.05) is 11.4 Å². The van der Waals surface area contributed by atoms with Crippen LogP contribution in [0.1, 0.15) is 18.2 Å². The Morgan fingerprint density at radius 1 is 1.65 bits per heavy atom. The third kappa shape index (κ3) is 4.61. The van der Waals surface area contributed by atoms with Crippen molar-refractivity contribution in [3.63, 3.8) is 0 Å². The Bertz CT molecular complexity index is 406. The fraction of sp³-hybridized carbons (Fsp3) is 0.455. The van der Waals surface area contributed by atoms with E-state index < -0.39 is 0 Å². The lowest BCUT2D eigenvalue weighted by Gasteiger charge is -2.12. The molecular weight excluding hydrogens is 276 g/mol. The van der Waals surface area contributed by atoms with Crippen molar-refractivity contribution < 1.29 is 4.79 Å². The summed E-state index contributed by atoms with van der Waals surface area (Å²) < 4.78 is 0.765. The van der Waals surface area contributed by atoms with Gasteiger partial charge in [0.2, 0.25) is 5.91 Å². The van der Waals surface area contributed by atoms with Crippen molar-refractivity contribution in [2.75, 3.05) is 6.54 Å². The summed E-state index contributed by atoms with van der Waals surface area (Å²) in [4.78, 5) is 13.1. The average molecular weight is 291 g/mol. The monoisotopic (exact) mass is 290 g/mol. The predicted octanol–water partition coefficient (Wildman–Crippen LogP) is 2.37. The summed E-state index contributed by atoms with van der Waals surface area (Å²) in [5.41, 5.74) is 5.49. The quantitative estimate of drug-likeness (QED) is 0.791. The van der Waals surface area contributed by atoms with Crippen molar-refractivity contribution in [3.8, 4) is 0 Å². The number of hydrogen-bond acceptors (Lipinski definition) is 3. The second-order valence-corrected chi connectivity index (χ2v) is 5.88. The van der Waals surface area contributed by atoms with E-state index in [9.17, 15) is 4.79 Å². The highest BCUT2D eigenvalue weighted by Gasteiger charge is 2.18. The summed E-state index contributed by atoms with van der Waals surface area (Å²) in [5.74, 6) is -0.459. The van der Waals surface area contributed by atoms with Gasteiger partial charge in [0.05, 0.1) is 15.2 Å². The summed E-state index contributed by atoms with van der Waals surface area (Å²) in [5, 5.41) is 2.83. The molecule has 0 saturated carbocycles. The molecule has 17 heavy (non-hydrogen) atoms. The molecule has 6 heteroatoms. The number of nitrogens with one attached hydrogen (secondary N) is 1. The van der Waals surface area contributed by atoms with Gasteiger partial charge in [-0.1, -0.05) is 30.7 Å². The first-order valence-electron chi connectivity index (χ1n) is 5.35. The molecule has 0 radical (unpaired) electrons. The fourth-order valence-corrected chi connectivity index (χ4v) is 2.79. The molecule has 3 nitrogen and oxygen atoms in total. The van der Waals surface area contributed by atoms with Crippen LogP contribution in [0.15, 0.2) is 12.1 Å². The second-order valence-electron chi connectivity index (χ2n) is 3.61. The molecule has 0 spiro atoms. The van der Waals surface area contributed by atoms with Crippen molar-refractivity contribution in [2.24, 2.45) is 11.7 Å². The van der Waals surface area contributed by atoms with Crippen LogP contribution < -0.4 is 11.1 Å². The Balaban J connectivity index is 2.35. The van der Waals surface area contributed by atoms with E-state index in [0.29, 0.717) is 13.0 Å². The summed E-state index contributed by atoms with van der Waals surface area (Å²) in [6, 6.07) is 3.82. The van der Waals surface area contributed by atoms with E-state index in [1.54, 1.807) is 0 Å². The highest BCUT2D eigenvalue weighted by atomic mass is 35.5. The van der Waals surface area contributed by atoms with Crippen LogP contribution in [0.5, 0.6) is 0 Å². The maximum absolute atomic E-state index is 11.7. The molecule has 0 bridgehead atoms. The van der Waals surface area contributed by atoms with Crippen LogP contribution in [0.25, 0.3) is 0 Å². The van der Waals surface area contributed by atoms with E-state index in [1.165, 1.54) is 11.3 Å². The third-order valence-electron chi connectivity index (χ3n) is 2.37. The van der Waals surface area contributed by atoms with Crippen LogP contribution in [0, 0.1) is 5.92 Å². The third-order valence-corrected chi connectivity index (χ3v) is 3.94. The Morgan fingerprint density at radius 2 is 2.35 bits per heavy atom. The molecule has 0 aliphatic rings. The number of rotatable bonds is 6. The smallest absolute Gasteiger partial charge is 0.229 e. The summed E-state index contributed by atoms with van der Waals surface area (Å²) in [6.45, 7) is 2.47. The first-order chi connectivity index (χ1) is 8.04. The molecule has 0 saturated heterocycles. The zero-order valence-corrected chi connectivity index (χ0v) is 11.9. The lowest BCUT2D eigenvalue weighted by Crippen LogP contribution is -2.38. The number of halogens is 1. The van der Waals surface area contributed by atoms with Crippen molar-refractivity contribution in [3.05, 3.63) is 21.3 Å². The minimum Gasteiger partial charge on any atom is -0.393 e. The Kier molecular flexibility index (Phi) is 5.88. The van der Waals surface area contributed by atoms with Gasteiger partial charge < -0.3 is 11.1 Å². The topological polar surface area (TPSA) is 55.1 Å². The SMILES string of the molecule is CCC(C(=O)NCCc1ccc(Cl)s1)C(N)=S. The zero-order valence-electron chi connectivity index (χ0n) is 9.53. The number of nitrogens with two attached hydrogens (primary N) is 1. The molecule has 0 aromatic carbocycles. The first kappa shape index (κ1) is 14.4. The van der Waals surface area contributed by atoms with E-state index in [4.69, 9.17) is 29.6 Å². The molecule has 0 aliphatic carbocycles. The van der Waals surface area contributed by atoms with Crippen molar-refractivity contribution in [2.45, 2.75) is 19.8 Å². The largest absolute Gasteiger partial charge is 0.393 e. The van der Waals surface area contributed by atoms with Crippen molar-refractivity contribution >= 4 is 46.1 Å². The lowest BCUT2D eigenvalue weighted by atomic mass is 10.1. The number of amides is 1.